The summed E-state index contributed by atoms with van der Waals surface area (Å²) in [5, 5.41) is 2.46. The van der Waals surface area contributed by atoms with E-state index in [1.54, 1.807) is 0 Å². The highest BCUT2D eigenvalue weighted by molar-refractivity contribution is 6.01. The Kier molecular flexibility index (Phi) is 9.04. The molecule has 9 aromatic rings. The summed E-state index contributed by atoms with van der Waals surface area (Å²) in [6.45, 7) is 13.9. The first-order valence-electron chi connectivity index (χ1n) is 22.7. The Morgan fingerprint density at radius 3 is 1.53 bits per heavy atom. The second kappa shape index (κ2) is 14.5. The van der Waals surface area contributed by atoms with Crippen LogP contribution < -0.4 is 9.22 Å². The molecule has 11 rings (SSSR count). The predicted octanol–water partition coefficient (Wildman–Crippen LogP) is 16.8. The van der Waals surface area contributed by atoms with Crippen molar-refractivity contribution in [2.45, 2.75) is 57.8 Å². The SMILES string of the molecule is CC(C)(C)c1ccc2c(c1)C1(c3ccccc3Oc3c(-c4ccccc4[N@+](C)(c4ccccc4)c4ccccc4-c4cccc5ccccc45)cccc31)c1cc(C(C)(C)C)ccc1-2. The first-order chi connectivity index (χ1) is 30.9. The third-order valence-electron chi connectivity index (χ3n) is 14.2. The molecular weight excluding hydrogens is 775 g/mol. The smallest absolute Gasteiger partial charge is 0.150 e. The van der Waals surface area contributed by atoms with Crippen LogP contribution in [-0.2, 0) is 16.2 Å². The van der Waals surface area contributed by atoms with Gasteiger partial charge in [0.1, 0.15) is 17.2 Å². The summed E-state index contributed by atoms with van der Waals surface area (Å²) in [6.07, 6.45) is 0. The van der Waals surface area contributed by atoms with Crippen LogP contribution in [0.3, 0.4) is 0 Å². The number of quaternary nitrogens is 1. The van der Waals surface area contributed by atoms with Crippen molar-refractivity contribution in [3.8, 4) is 44.9 Å². The summed E-state index contributed by atoms with van der Waals surface area (Å²) in [6, 6.07) is 74.5. The van der Waals surface area contributed by atoms with Gasteiger partial charge in [-0.3, -0.25) is 0 Å². The molecule has 1 atom stereocenters. The molecule has 1 spiro atoms. The molecule has 1 aliphatic carbocycles. The molecule has 0 N–H and O–H groups in total. The normalized spacial score (nSPS) is 14.5. The number of benzene rings is 9. The monoisotopic (exact) mass is 828 g/mol. The van der Waals surface area contributed by atoms with E-state index in [0.717, 1.165) is 28.3 Å². The van der Waals surface area contributed by atoms with Crippen LogP contribution in [0.4, 0.5) is 17.1 Å². The Balaban J connectivity index is 1.22. The Morgan fingerprint density at radius 1 is 0.391 bits per heavy atom. The molecule has 0 aromatic heterocycles. The van der Waals surface area contributed by atoms with Crippen LogP contribution in [0.2, 0.25) is 0 Å². The van der Waals surface area contributed by atoms with Crippen LogP contribution in [0.15, 0.2) is 200 Å². The molecule has 64 heavy (non-hydrogen) atoms. The first kappa shape index (κ1) is 39.8. The summed E-state index contributed by atoms with van der Waals surface area (Å²) in [4.78, 5) is 0. The van der Waals surface area contributed by atoms with Gasteiger partial charge in [-0.2, -0.15) is 0 Å². The lowest BCUT2D eigenvalue weighted by atomic mass is 9.64. The lowest BCUT2D eigenvalue weighted by Crippen LogP contribution is -2.35. The summed E-state index contributed by atoms with van der Waals surface area (Å²) in [7, 11) is 2.36. The van der Waals surface area contributed by atoms with Gasteiger partial charge in [-0.15, -0.1) is 0 Å². The van der Waals surface area contributed by atoms with Crippen molar-refractivity contribution in [2.75, 3.05) is 7.05 Å². The van der Waals surface area contributed by atoms with E-state index >= 15 is 0 Å². The zero-order valence-electron chi connectivity index (χ0n) is 37.9. The first-order valence-corrected chi connectivity index (χ1v) is 22.7. The van der Waals surface area contributed by atoms with Gasteiger partial charge in [0.15, 0.2) is 11.4 Å². The molecule has 0 saturated carbocycles. The fourth-order valence-electron chi connectivity index (χ4n) is 10.9. The van der Waals surface area contributed by atoms with E-state index in [0.29, 0.717) is 4.48 Å². The molecular formula is C62H54NO+. The second-order valence-corrected chi connectivity index (χ2v) is 20.0. The molecule has 0 unspecified atom stereocenters. The van der Waals surface area contributed by atoms with E-state index in [-0.39, 0.29) is 10.8 Å². The van der Waals surface area contributed by atoms with Crippen molar-refractivity contribution in [1.82, 2.24) is 4.48 Å². The molecule has 1 heterocycles. The van der Waals surface area contributed by atoms with E-state index in [1.807, 2.05) is 0 Å². The van der Waals surface area contributed by atoms with E-state index in [1.165, 1.54) is 77.8 Å². The van der Waals surface area contributed by atoms with Gasteiger partial charge in [0.25, 0.3) is 0 Å². The average molecular weight is 829 g/mol. The maximum Gasteiger partial charge on any atom is 0.150 e. The van der Waals surface area contributed by atoms with Crippen LogP contribution in [0.5, 0.6) is 11.5 Å². The van der Waals surface area contributed by atoms with Crippen molar-refractivity contribution >= 4 is 27.8 Å². The molecule has 0 radical (unpaired) electrons. The Morgan fingerprint density at radius 2 is 0.875 bits per heavy atom. The molecule has 1 aliphatic heterocycles. The van der Waals surface area contributed by atoms with Gasteiger partial charge < -0.3 is 4.74 Å². The fraction of sp³-hybridized carbons (Fsp3) is 0.161. The molecule has 9 aromatic carbocycles. The molecule has 2 aliphatic rings. The van der Waals surface area contributed by atoms with Gasteiger partial charge in [-0.05, 0) is 90.9 Å². The molecule has 0 saturated heterocycles. The highest BCUT2D eigenvalue weighted by atomic mass is 16.5. The van der Waals surface area contributed by atoms with Crippen LogP contribution in [0, 0.1) is 0 Å². The second-order valence-electron chi connectivity index (χ2n) is 20.0. The Bertz CT molecular complexity index is 3220. The van der Waals surface area contributed by atoms with Gasteiger partial charge in [0, 0.05) is 39.9 Å². The average Bonchev–Trinajstić information content (AvgIpc) is 3.60. The minimum Gasteiger partial charge on any atom is -0.456 e. The molecule has 0 amide bonds. The maximum absolute atomic E-state index is 7.39. The summed E-state index contributed by atoms with van der Waals surface area (Å²) in [5.74, 6) is 1.79. The molecule has 312 valence electrons. The van der Waals surface area contributed by atoms with E-state index in [4.69, 9.17) is 4.74 Å². The largest absolute Gasteiger partial charge is 0.456 e. The minimum atomic E-state index is -0.624. The number of hydrogen-bond acceptors (Lipinski definition) is 1. The lowest BCUT2D eigenvalue weighted by Gasteiger charge is -2.41. The minimum absolute atomic E-state index is 0.0436. The number of rotatable bonds is 5. The summed E-state index contributed by atoms with van der Waals surface area (Å²) < 4.78 is 7.82. The van der Waals surface area contributed by atoms with Crippen molar-refractivity contribution in [3.63, 3.8) is 0 Å². The van der Waals surface area contributed by atoms with Crippen LogP contribution >= 0.6 is 0 Å². The highest BCUT2D eigenvalue weighted by Gasteiger charge is 2.52. The zero-order valence-corrected chi connectivity index (χ0v) is 37.9. The standard InChI is InChI=1S/C62H54NO/c1-60(2,3)42-35-37-47-48-38-36-43(61(4,5)6)40-55(48)62(54(47)39-42)52-30-15-18-34-58(52)64-59-51(29-20-31-53(59)62)50-27-14-17-33-57(50)63(7,44-23-9-8-10-24-44)56-32-16-13-26-49(56)46-28-19-22-41-21-11-12-25-45(41)46/h8-40H,1-7H3/q+1/t63-/m1/s1. The third-order valence-corrected chi connectivity index (χ3v) is 14.2. The van der Waals surface area contributed by atoms with Crippen molar-refractivity contribution in [3.05, 3.63) is 234 Å². The molecule has 0 fully saturated rings. The number of nitrogens with zero attached hydrogens (tertiary/aromatic N) is 1. The van der Waals surface area contributed by atoms with Crippen molar-refractivity contribution < 1.29 is 4.74 Å². The number of hydrogen-bond donors (Lipinski definition) is 0. The van der Waals surface area contributed by atoms with Crippen molar-refractivity contribution in [1.29, 1.82) is 0 Å². The molecule has 2 nitrogen and oxygen atoms in total. The quantitative estimate of drug-likeness (QED) is 0.157. The van der Waals surface area contributed by atoms with Crippen LogP contribution in [0.1, 0.15) is 74.9 Å². The van der Waals surface area contributed by atoms with Gasteiger partial charge in [0.2, 0.25) is 0 Å². The summed E-state index contributed by atoms with van der Waals surface area (Å²) in [5.41, 5.74) is 17.6. The van der Waals surface area contributed by atoms with Gasteiger partial charge in [-0.1, -0.05) is 199 Å². The zero-order chi connectivity index (χ0) is 44.0. The lowest BCUT2D eigenvalue weighted by molar-refractivity contribution is 0.437. The highest BCUT2D eigenvalue weighted by Crippen LogP contribution is 2.64. The molecule has 2 heteroatoms. The Hall–Kier alpha value is -7.00. The van der Waals surface area contributed by atoms with Gasteiger partial charge in [0.05, 0.1) is 12.5 Å². The number of ether oxygens (including phenoxy) is 1. The summed E-state index contributed by atoms with van der Waals surface area (Å²) >= 11 is 0. The van der Waals surface area contributed by atoms with E-state index in [2.05, 4.69) is 249 Å². The van der Waals surface area contributed by atoms with E-state index in [9.17, 15) is 0 Å². The van der Waals surface area contributed by atoms with Crippen molar-refractivity contribution in [2.24, 2.45) is 0 Å². The maximum atomic E-state index is 7.39. The van der Waals surface area contributed by atoms with Crippen LogP contribution in [-0.4, -0.2) is 7.05 Å². The predicted molar refractivity (Wildman–Crippen MR) is 270 cm³/mol. The van der Waals surface area contributed by atoms with Crippen LogP contribution in [0.25, 0.3) is 44.2 Å². The Labute approximate surface area is 378 Å². The van der Waals surface area contributed by atoms with Gasteiger partial charge in [-0.25, -0.2) is 4.48 Å². The molecule has 0 bridgehead atoms. The third kappa shape index (κ3) is 5.89. The fourth-order valence-corrected chi connectivity index (χ4v) is 10.9. The van der Waals surface area contributed by atoms with E-state index < -0.39 is 5.41 Å². The number of para-hydroxylation sites is 5. The van der Waals surface area contributed by atoms with Gasteiger partial charge >= 0.3 is 0 Å². The topological polar surface area (TPSA) is 9.23 Å². The number of fused-ring (bicyclic) bond motifs is 10.